The summed E-state index contributed by atoms with van der Waals surface area (Å²) in [4.78, 5) is 4.36. The Kier molecular flexibility index (Phi) is 6.46. The van der Waals surface area contributed by atoms with Gasteiger partial charge in [0.15, 0.2) is 0 Å². The number of nitrogen functional groups attached to an aromatic ring is 1. The zero-order valence-corrected chi connectivity index (χ0v) is 18.2. The molecule has 1 aliphatic rings. The minimum atomic E-state index is 0.0568. The average Bonchev–Trinajstić information content (AvgIpc) is 2.80. The van der Waals surface area contributed by atoms with Gasteiger partial charge in [0.25, 0.3) is 0 Å². The second kappa shape index (κ2) is 9.61. The fourth-order valence-electron chi connectivity index (χ4n) is 3.28. The molecule has 0 unspecified atom stereocenters. The molecular formula is C24H20N4O3S. The van der Waals surface area contributed by atoms with Crippen LogP contribution in [0.3, 0.4) is 0 Å². The normalized spacial score (nSPS) is 13.0. The molecule has 3 aromatic rings. The SMILES string of the molecule is COc1cccc(CSc2nc(N)c(C#N)c(-c3ccc(OC4COC4)cc3)c2C#N)c1. The van der Waals surface area contributed by atoms with Gasteiger partial charge in [-0.2, -0.15) is 10.5 Å². The molecule has 7 nitrogen and oxygen atoms in total. The Bertz CT molecular complexity index is 1210. The molecule has 160 valence electrons. The van der Waals surface area contributed by atoms with Gasteiger partial charge >= 0.3 is 0 Å². The predicted octanol–water partition coefficient (Wildman–Crippen LogP) is 4.15. The number of rotatable bonds is 7. The van der Waals surface area contributed by atoms with Crippen molar-refractivity contribution in [2.75, 3.05) is 26.1 Å². The summed E-state index contributed by atoms with van der Waals surface area (Å²) in [5.74, 6) is 2.13. The van der Waals surface area contributed by atoms with E-state index in [1.165, 1.54) is 11.8 Å². The Morgan fingerprint density at radius 1 is 1.09 bits per heavy atom. The second-order valence-electron chi connectivity index (χ2n) is 7.09. The van der Waals surface area contributed by atoms with E-state index in [1.54, 1.807) is 7.11 Å². The summed E-state index contributed by atoms with van der Waals surface area (Å²) in [6.07, 6.45) is 0.0568. The zero-order valence-electron chi connectivity index (χ0n) is 17.4. The van der Waals surface area contributed by atoms with Crippen LogP contribution in [0.4, 0.5) is 5.82 Å². The molecule has 1 fully saturated rings. The van der Waals surface area contributed by atoms with E-state index < -0.39 is 0 Å². The highest BCUT2D eigenvalue weighted by molar-refractivity contribution is 7.98. The van der Waals surface area contributed by atoms with E-state index in [0.29, 0.717) is 46.4 Å². The second-order valence-corrected chi connectivity index (χ2v) is 8.06. The smallest absolute Gasteiger partial charge is 0.145 e. The Hall–Kier alpha value is -3.72. The number of hydrogen-bond acceptors (Lipinski definition) is 8. The number of nitriles is 2. The van der Waals surface area contributed by atoms with E-state index >= 15 is 0 Å². The van der Waals surface area contributed by atoms with Crippen molar-refractivity contribution >= 4 is 17.6 Å². The van der Waals surface area contributed by atoms with Crippen molar-refractivity contribution in [2.45, 2.75) is 16.9 Å². The molecule has 1 aromatic heterocycles. The summed E-state index contributed by atoms with van der Waals surface area (Å²) in [7, 11) is 1.62. The number of nitrogens with two attached hydrogens (primary N) is 1. The molecule has 2 N–H and O–H groups in total. The summed E-state index contributed by atoms with van der Waals surface area (Å²) in [6, 6.07) is 19.3. The summed E-state index contributed by atoms with van der Waals surface area (Å²) < 4.78 is 16.2. The predicted molar refractivity (Wildman–Crippen MR) is 121 cm³/mol. The number of pyridine rings is 1. The van der Waals surface area contributed by atoms with Crippen LogP contribution in [-0.4, -0.2) is 31.4 Å². The summed E-state index contributed by atoms with van der Waals surface area (Å²) in [5.41, 5.74) is 8.83. The Morgan fingerprint density at radius 2 is 1.84 bits per heavy atom. The number of thioether (sulfide) groups is 1. The number of hydrogen-bond donors (Lipinski definition) is 1. The fourth-order valence-corrected chi connectivity index (χ4v) is 4.22. The molecule has 0 saturated carbocycles. The summed E-state index contributed by atoms with van der Waals surface area (Å²) >= 11 is 1.39. The third-order valence-electron chi connectivity index (χ3n) is 4.98. The summed E-state index contributed by atoms with van der Waals surface area (Å²) in [5, 5.41) is 20.1. The van der Waals surface area contributed by atoms with Gasteiger partial charge in [0, 0.05) is 11.3 Å². The average molecular weight is 445 g/mol. The molecule has 0 amide bonds. The number of nitrogens with zero attached hydrogens (tertiary/aromatic N) is 3. The molecule has 1 saturated heterocycles. The molecule has 0 radical (unpaired) electrons. The monoisotopic (exact) mass is 444 g/mol. The van der Waals surface area contributed by atoms with Crippen molar-refractivity contribution in [3.8, 4) is 34.8 Å². The van der Waals surface area contributed by atoms with Gasteiger partial charge in [-0.15, -0.1) is 11.8 Å². The van der Waals surface area contributed by atoms with Gasteiger partial charge in [0.05, 0.1) is 25.9 Å². The van der Waals surface area contributed by atoms with Crippen molar-refractivity contribution in [2.24, 2.45) is 0 Å². The lowest BCUT2D eigenvalue weighted by Gasteiger charge is -2.26. The molecule has 0 spiro atoms. The highest BCUT2D eigenvalue weighted by Crippen LogP contribution is 2.37. The maximum absolute atomic E-state index is 9.95. The van der Waals surface area contributed by atoms with Crippen LogP contribution in [0.5, 0.6) is 11.5 Å². The maximum Gasteiger partial charge on any atom is 0.145 e. The van der Waals surface area contributed by atoms with E-state index in [2.05, 4.69) is 17.1 Å². The lowest BCUT2D eigenvalue weighted by atomic mass is 9.97. The Balaban J connectivity index is 1.67. The molecule has 4 rings (SSSR count). The van der Waals surface area contributed by atoms with Crippen molar-refractivity contribution in [1.29, 1.82) is 10.5 Å². The van der Waals surface area contributed by atoms with E-state index in [9.17, 15) is 10.5 Å². The van der Waals surface area contributed by atoms with E-state index in [0.717, 1.165) is 11.3 Å². The fraction of sp³-hybridized carbons (Fsp3) is 0.208. The van der Waals surface area contributed by atoms with Crippen molar-refractivity contribution in [3.63, 3.8) is 0 Å². The molecule has 32 heavy (non-hydrogen) atoms. The van der Waals surface area contributed by atoms with Crippen LogP contribution in [0, 0.1) is 22.7 Å². The van der Waals surface area contributed by atoms with Gasteiger partial charge in [-0.1, -0.05) is 24.3 Å². The van der Waals surface area contributed by atoms with Gasteiger partial charge in [-0.25, -0.2) is 4.98 Å². The van der Waals surface area contributed by atoms with Gasteiger partial charge < -0.3 is 19.9 Å². The van der Waals surface area contributed by atoms with Gasteiger partial charge in [0.1, 0.15) is 46.1 Å². The third-order valence-corrected chi connectivity index (χ3v) is 6.03. The molecule has 0 atom stereocenters. The van der Waals surface area contributed by atoms with E-state index in [4.69, 9.17) is 19.9 Å². The first-order valence-corrected chi connectivity index (χ1v) is 10.9. The quantitative estimate of drug-likeness (QED) is 0.541. The molecule has 8 heteroatoms. The third kappa shape index (κ3) is 4.47. The largest absolute Gasteiger partial charge is 0.497 e. The van der Waals surface area contributed by atoms with E-state index in [1.807, 2.05) is 48.5 Å². The molecule has 0 aliphatic carbocycles. The lowest BCUT2D eigenvalue weighted by molar-refractivity contribution is -0.0796. The van der Waals surface area contributed by atoms with Gasteiger partial charge in [0.2, 0.25) is 0 Å². The number of anilines is 1. The minimum absolute atomic E-state index is 0.0568. The zero-order chi connectivity index (χ0) is 22.5. The maximum atomic E-state index is 9.95. The Morgan fingerprint density at radius 3 is 2.47 bits per heavy atom. The van der Waals surface area contributed by atoms with Crippen LogP contribution in [0.15, 0.2) is 53.6 Å². The molecular weight excluding hydrogens is 424 g/mol. The van der Waals surface area contributed by atoms with Crippen LogP contribution < -0.4 is 15.2 Å². The first-order chi connectivity index (χ1) is 15.6. The van der Waals surface area contributed by atoms with Crippen molar-refractivity contribution in [1.82, 2.24) is 4.98 Å². The van der Waals surface area contributed by atoms with Crippen LogP contribution in [-0.2, 0) is 10.5 Å². The number of benzene rings is 2. The van der Waals surface area contributed by atoms with E-state index in [-0.39, 0.29) is 17.5 Å². The highest BCUT2D eigenvalue weighted by atomic mass is 32.2. The van der Waals surface area contributed by atoms with Gasteiger partial charge in [-0.3, -0.25) is 0 Å². The summed E-state index contributed by atoms with van der Waals surface area (Å²) in [6.45, 7) is 1.15. The van der Waals surface area contributed by atoms with Crippen molar-refractivity contribution in [3.05, 3.63) is 65.2 Å². The van der Waals surface area contributed by atoms with Gasteiger partial charge in [-0.05, 0) is 35.4 Å². The number of ether oxygens (including phenoxy) is 3. The van der Waals surface area contributed by atoms with Crippen LogP contribution in [0.25, 0.3) is 11.1 Å². The molecule has 2 heterocycles. The molecule has 0 bridgehead atoms. The van der Waals surface area contributed by atoms with Crippen LogP contribution in [0.2, 0.25) is 0 Å². The number of aromatic nitrogens is 1. The first-order valence-electron chi connectivity index (χ1n) is 9.87. The molecule has 1 aliphatic heterocycles. The minimum Gasteiger partial charge on any atom is -0.497 e. The lowest BCUT2D eigenvalue weighted by Crippen LogP contribution is -2.38. The molecule has 2 aromatic carbocycles. The van der Waals surface area contributed by atoms with Crippen LogP contribution in [0.1, 0.15) is 16.7 Å². The number of methoxy groups -OCH3 is 1. The topological polar surface area (TPSA) is 114 Å². The van der Waals surface area contributed by atoms with Crippen LogP contribution >= 0.6 is 11.8 Å². The van der Waals surface area contributed by atoms with Crippen molar-refractivity contribution < 1.29 is 14.2 Å². The standard InChI is InChI=1S/C24H20N4O3S/c1-29-18-4-2-3-15(9-18)14-32-24-21(11-26)22(20(10-25)23(27)28-24)16-5-7-17(8-6-16)31-19-12-30-13-19/h2-9,19H,12-14H2,1H3,(H2,27,28). The Labute approximate surface area is 190 Å². The highest BCUT2D eigenvalue weighted by Gasteiger charge is 2.22. The first kappa shape index (κ1) is 21.5.